The lowest BCUT2D eigenvalue weighted by molar-refractivity contribution is 0.101. The highest BCUT2D eigenvalue weighted by atomic mass is 35.5. The number of hydrogen-bond acceptors (Lipinski definition) is 7. The number of fused-ring (bicyclic) bond motifs is 1. The Balaban J connectivity index is 0.000000858. The molecule has 0 unspecified atom stereocenters. The van der Waals surface area contributed by atoms with Crippen molar-refractivity contribution in [1.29, 1.82) is 0 Å². The number of hydrogen-bond donors (Lipinski definition) is 0. The minimum Gasteiger partial charge on any atom is -0.489 e. The molecule has 0 N–H and O–H groups in total. The van der Waals surface area contributed by atoms with Gasteiger partial charge in [0.1, 0.15) is 17.5 Å². The summed E-state index contributed by atoms with van der Waals surface area (Å²) in [5.41, 5.74) is 3.22. The van der Waals surface area contributed by atoms with Crippen LogP contribution in [0.1, 0.15) is 54.6 Å². The normalized spacial score (nSPS) is 10.6. The van der Waals surface area contributed by atoms with Crippen LogP contribution in [0.4, 0.5) is 0 Å². The Kier molecular flexibility index (Phi) is 7.41. The van der Waals surface area contributed by atoms with Gasteiger partial charge in [0.05, 0.1) is 10.3 Å². The van der Waals surface area contributed by atoms with Crippen molar-refractivity contribution in [2.45, 2.75) is 47.6 Å². The van der Waals surface area contributed by atoms with Crippen LogP contribution < -0.4 is 4.74 Å². The SMILES string of the molecule is CC(=O)c1cnc(Cl)c2c(COc3cc(-c4nnc(C)o4)ccc3C)csc12.CCC. The van der Waals surface area contributed by atoms with E-state index in [-0.39, 0.29) is 5.78 Å². The summed E-state index contributed by atoms with van der Waals surface area (Å²) in [7, 11) is 0. The van der Waals surface area contributed by atoms with E-state index in [0.717, 1.165) is 26.8 Å². The summed E-state index contributed by atoms with van der Waals surface area (Å²) in [5, 5.41) is 11.0. The molecule has 31 heavy (non-hydrogen) atoms. The molecule has 3 aromatic heterocycles. The van der Waals surface area contributed by atoms with E-state index in [1.54, 1.807) is 6.92 Å². The van der Waals surface area contributed by atoms with E-state index in [1.165, 1.54) is 30.9 Å². The van der Waals surface area contributed by atoms with E-state index < -0.39 is 0 Å². The topological polar surface area (TPSA) is 78.1 Å². The number of Topliss-reactive ketones (excluding diaryl/α,β-unsaturated/α-hetero) is 1. The third-order valence-corrected chi connectivity index (χ3v) is 5.70. The number of pyridine rings is 1. The molecule has 0 aliphatic rings. The summed E-state index contributed by atoms with van der Waals surface area (Å²) in [6.07, 6.45) is 2.77. The first-order valence-corrected chi connectivity index (χ1v) is 11.2. The number of rotatable bonds is 5. The summed E-state index contributed by atoms with van der Waals surface area (Å²) in [6.45, 7) is 9.79. The summed E-state index contributed by atoms with van der Waals surface area (Å²) in [6, 6.07) is 5.73. The van der Waals surface area contributed by atoms with Crippen molar-refractivity contribution in [3.63, 3.8) is 0 Å². The molecule has 0 saturated carbocycles. The van der Waals surface area contributed by atoms with Gasteiger partial charge in [0.15, 0.2) is 5.78 Å². The van der Waals surface area contributed by atoms with Crippen molar-refractivity contribution in [1.82, 2.24) is 15.2 Å². The van der Waals surface area contributed by atoms with Crippen molar-refractivity contribution < 1.29 is 13.9 Å². The standard InChI is InChI=1S/C20H16ClN3O3S.C3H8/c1-10-4-5-13(20-24-23-12(3)27-20)6-16(10)26-8-14-9-28-18-15(11(2)25)7-22-19(21)17(14)18;1-3-2/h4-7,9H,8H2,1-3H3;3H2,1-2H3. The van der Waals surface area contributed by atoms with Crippen LogP contribution in [-0.2, 0) is 6.61 Å². The Bertz CT molecular complexity index is 1220. The maximum Gasteiger partial charge on any atom is 0.247 e. The molecule has 6 nitrogen and oxygen atoms in total. The monoisotopic (exact) mass is 457 g/mol. The zero-order valence-corrected chi connectivity index (χ0v) is 19.7. The van der Waals surface area contributed by atoms with Crippen molar-refractivity contribution >= 4 is 38.8 Å². The molecular weight excluding hydrogens is 434 g/mol. The number of aryl methyl sites for hydroxylation is 2. The van der Waals surface area contributed by atoms with Crippen molar-refractivity contribution in [2.75, 3.05) is 0 Å². The first-order valence-electron chi connectivity index (χ1n) is 9.95. The minimum absolute atomic E-state index is 0.0399. The first-order chi connectivity index (χ1) is 14.8. The molecule has 0 saturated heterocycles. The lowest BCUT2D eigenvalue weighted by Crippen LogP contribution is -1.99. The molecule has 0 spiro atoms. The molecule has 0 fully saturated rings. The van der Waals surface area contributed by atoms with E-state index in [0.29, 0.717) is 34.9 Å². The van der Waals surface area contributed by atoms with E-state index >= 15 is 0 Å². The van der Waals surface area contributed by atoms with E-state index in [2.05, 4.69) is 29.0 Å². The smallest absolute Gasteiger partial charge is 0.247 e. The maximum atomic E-state index is 11.9. The van der Waals surface area contributed by atoms with Gasteiger partial charge in [-0.1, -0.05) is 37.9 Å². The zero-order chi connectivity index (χ0) is 22.5. The predicted molar refractivity (Wildman–Crippen MR) is 124 cm³/mol. The number of ether oxygens (including phenoxy) is 1. The highest BCUT2D eigenvalue weighted by molar-refractivity contribution is 7.18. The Hall–Kier alpha value is -2.77. The van der Waals surface area contributed by atoms with Gasteiger partial charge in [-0.2, -0.15) is 0 Å². The second-order valence-corrected chi connectivity index (χ2v) is 8.32. The van der Waals surface area contributed by atoms with Gasteiger partial charge < -0.3 is 9.15 Å². The maximum absolute atomic E-state index is 11.9. The van der Waals surface area contributed by atoms with Crippen LogP contribution in [0.5, 0.6) is 5.75 Å². The van der Waals surface area contributed by atoms with Crippen LogP contribution in [0.2, 0.25) is 5.15 Å². The lowest BCUT2D eigenvalue weighted by Gasteiger charge is -2.10. The third kappa shape index (κ3) is 5.11. The number of halogens is 1. The van der Waals surface area contributed by atoms with E-state index in [4.69, 9.17) is 20.8 Å². The van der Waals surface area contributed by atoms with Crippen LogP contribution >= 0.6 is 22.9 Å². The first kappa shape index (κ1) is 22.9. The highest BCUT2D eigenvalue weighted by Crippen LogP contribution is 2.35. The van der Waals surface area contributed by atoms with Gasteiger partial charge in [-0.25, -0.2) is 4.98 Å². The molecule has 3 heterocycles. The molecular formula is C23H24ClN3O3S. The molecule has 4 rings (SSSR count). The van der Waals surface area contributed by atoms with Gasteiger partial charge in [0.25, 0.3) is 0 Å². The van der Waals surface area contributed by atoms with E-state index in [1.807, 2.05) is 30.5 Å². The molecule has 162 valence electrons. The Morgan fingerprint density at radius 1 is 1.23 bits per heavy atom. The fourth-order valence-corrected chi connectivity index (χ4v) is 4.31. The zero-order valence-electron chi connectivity index (χ0n) is 18.2. The number of carbonyl (C=O) groups excluding carboxylic acids is 1. The number of carbonyl (C=O) groups is 1. The van der Waals surface area contributed by atoms with Gasteiger partial charge in [0, 0.05) is 29.6 Å². The quantitative estimate of drug-likeness (QED) is 0.242. The van der Waals surface area contributed by atoms with Crippen LogP contribution in [0, 0.1) is 13.8 Å². The Labute approximate surface area is 190 Å². The number of nitrogens with zero attached hydrogens (tertiary/aromatic N) is 3. The lowest BCUT2D eigenvalue weighted by atomic mass is 10.1. The van der Waals surface area contributed by atoms with Crippen molar-refractivity contribution in [3.05, 3.63) is 57.5 Å². The average Bonchev–Trinajstić information content (AvgIpc) is 3.35. The number of aromatic nitrogens is 3. The molecule has 8 heteroatoms. The largest absolute Gasteiger partial charge is 0.489 e. The van der Waals surface area contributed by atoms with Crippen molar-refractivity contribution in [2.24, 2.45) is 0 Å². The van der Waals surface area contributed by atoms with Gasteiger partial charge in [-0.3, -0.25) is 4.79 Å². The highest BCUT2D eigenvalue weighted by Gasteiger charge is 2.16. The summed E-state index contributed by atoms with van der Waals surface area (Å²) >= 11 is 7.77. The van der Waals surface area contributed by atoms with Gasteiger partial charge in [0.2, 0.25) is 11.8 Å². The molecule has 0 aliphatic carbocycles. The molecule has 0 radical (unpaired) electrons. The van der Waals surface area contributed by atoms with Crippen LogP contribution in [0.15, 0.2) is 34.2 Å². The van der Waals surface area contributed by atoms with Crippen LogP contribution in [-0.4, -0.2) is 21.0 Å². The van der Waals surface area contributed by atoms with Gasteiger partial charge in [-0.05, 0) is 36.9 Å². The Morgan fingerprint density at radius 2 is 1.97 bits per heavy atom. The van der Waals surface area contributed by atoms with Crippen LogP contribution in [0.3, 0.4) is 0 Å². The summed E-state index contributed by atoms with van der Waals surface area (Å²) < 4.78 is 12.4. The van der Waals surface area contributed by atoms with Gasteiger partial charge >= 0.3 is 0 Å². The fraction of sp³-hybridized carbons (Fsp3) is 0.304. The second kappa shape index (κ2) is 10.0. The molecule has 0 atom stereocenters. The predicted octanol–water partition coefficient (Wildman–Crippen LogP) is 6.81. The molecule has 0 aliphatic heterocycles. The number of thiophene rings is 1. The van der Waals surface area contributed by atoms with Gasteiger partial charge in [-0.15, -0.1) is 21.5 Å². The fourth-order valence-electron chi connectivity index (χ4n) is 2.88. The molecule has 1 aromatic carbocycles. The number of benzene rings is 1. The summed E-state index contributed by atoms with van der Waals surface area (Å²) in [4.78, 5) is 16.0. The third-order valence-electron chi connectivity index (χ3n) is 4.35. The molecule has 0 amide bonds. The Morgan fingerprint density at radius 3 is 2.61 bits per heavy atom. The summed E-state index contributed by atoms with van der Waals surface area (Å²) in [5.74, 6) is 1.62. The van der Waals surface area contributed by atoms with Crippen LogP contribution in [0.25, 0.3) is 21.5 Å². The molecule has 0 bridgehead atoms. The molecule has 4 aromatic rings. The second-order valence-electron chi connectivity index (χ2n) is 7.09. The van der Waals surface area contributed by atoms with Crippen molar-refractivity contribution in [3.8, 4) is 17.2 Å². The average molecular weight is 458 g/mol. The number of ketones is 1. The minimum atomic E-state index is -0.0399. The van der Waals surface area contributed by atoms with E-state index in [9.17, 15) is 4.79 Å².